The Morgan fingerprint density at radius 1 is 1.06 bits per heavy atom. The average molecular weight is 497 g/mol. The van der Waals surface area contributed by atoms with E-state index in [0.29, 0.717) is 48.6 Å². The van der Waals surface area contributed by atoms with Crippen molar-refractivity contribution < 1.29 is 34.0 Å². The van der Waals surface area contributed by atoms with Gasteiger partial charge in [-0.2, -0.15) is 0 Å². The average Bonchev–Trinajstić information content (AvgIpc) is 3.14. The maximum atomic E-state index is 13.3. The van der Waals surface area contributed by atoms with Gasteiger partial charge in [0, 0.05) is 31.7 Å². The molecule has 192 valence electrons. The van der Waals surface area contributed by atoms with Gasteiger partial charge >= 0.3 is 0 Å². The number of carbonyl (C=O) groups excluding carboxylic acids is 2. The van der Waals surface area contributed by atoms with E-state index in [0.717, 1.165) is 19.6 Å². The molecule has 2 saturated heterocycles. The number of Topliss-reactive ketones (excluding diaryl/α,β-unsaturated/α-hetero) is 1. The van der Waals surface area contributed by atoms with Crippen molar-refractivity contribution in [2.75, 3.05) is 53.6 Å². The molecule has 0 saturated carbocycles. The number of aliphatic hydroxyl groups is 1. The largest absolute Gasteiger partial charge is 0.507 e. The van der Waals surface area contributed by atoms with Gasteiger partial charge in [0.1, 0.15) is 11.5 Å². The van der Waals surface area contributed by atoms with E-state index in [9.17, 15) is 19.8 Å². The number of ether oxygens (including phenoxy) is 3. The Hall–Kier alpha value is -3.56. The summed E-state index contributed by atoms with van der Waals surface area (Å²) < 4.78 is 15.9. The second kappa shape index (κ2) is 11.0. The second-order valence-electron chi connectivity index (χ2n) is 8.91. The molecule has 9 heteroatoms. The van der Waals surface area contributed by atoms with Crippen LogP contribution in [0.5, 0.6) is 17.2 Å². The van der Waals surface area contributed by atoms with Crippen LogP contribution in [0.4, 0.5) is 0 Å². The van der Waals surface area contributed by atoms with E-state index in [4.69, 9.17) is 14.2 Å². The minimum atomic E-state index is -0.828. The third kappa shape index (κ3) is 5.03. The highest BCUT2D eigenvalue weighted by Crippen LogP contribution is 2.42. The summed E-state index contributed by atoms with van der Waals surface area (Å²) in [6.07, 6.45) is 0.653. The number of aromatic hydroxyl groups is 1. The van der Waals surface area contributed by atoms with Crippen LogP contribution in [0.15, 0.2) is 42.0 Å². The molecule has 0 spiro atoms. The Kier molecular flexibility index (Phi) is 7.81. The van der Waals surface area contributed by atoms with Crippen LogP contribution in [0.3, 0.4) is 0 Å². The van der Waals surface area contributed by atoms with Crippen molar-refractivity contribution in [1.29, 1.82) is 0 Å². The number of phenols is 1. The molecular formula is C27H32N2O7. The van der Waals surface area contributed by atoms with Gasteiger partial charge in [-0.25, -0.2) is 0 Å². The number of carbonyl (C=O) groups is 2. The Bertz CT molecular complexity index is 1170. The number of aliphatic hydroxyl groups excluding tert-OH is 1. The number of benzene rings is 2. The predicted octanol–water partition coefficient (Wildman–Crippen LogP) is 2.86. The molecule has 2 heterocycles. The number of likely N-dealkylation sites (tertiary alicyclic amines) is 1. The normalized spacial score (nSPS) is 20.1. The van der Waals surface area contributed by atoms with Gasteiger partial charge in [0.05, 0.1) is 39.0 Å². The number of morpholine rings is 1. The molecule has 1 atom stereocenters. The number of amides is 1. The van der Waals surface area contributed by atoms with Crippen molar-refractivity contribution in [3.8, 4) is 17.2 Å². The van der Waals surface area contributed by atoms with Crippen LogP contribution in [-0.2, 0) is 14.3 Å². The summed E-state index contributed by atoms with van der Waals surface area (Å²) in [7, 11) is 2.98. The Morgan fingerprint density at radius 2 is 1.81 bits per heavy atom. The molecule has 0 radical (unpaired) electrons. The van der Waals surface area contributed by atoms with E-state index >= 15 is 0 Å². The molecule has 0 bridgehead atoms. The topological polar surface area (TPSA) is 109 Å². The summed E-state index contributed by atoms with van der Waals surface area (Å²) in [5.41, 5.74) is 1.71. The van der Waals surface area contributed by atoms with Gasteiger partial charge in [-0.15, -0.1) is 0 Å². The highest BCUT2D eigenvalue weighted by molar-refractivity contribution is 6.46. The number of rotatable bonds is 8. The fourth-order valence-corrected chi connectivity index (χ4v) is 4.78. The van der Waals surface area contributed by atoms with Crippen LogP contribution in [0.1, 0.15) is 29.2 Å². The van der Waals surface area contributed by atoms with E-state index in [1.165, 1.54) is 18.1 Å². The van der Waals surface area contributed by atoms with Gasteiger partial charge in [-0.05, 0) is 54.8 Å². The summed E-state index contributed by atoms with van der Waals surface area (Å²) in [4.78, 5) is 30.3. The molecule has 0 aliphatic carbocycles. The number of nitrogens with zero attached hydrogens (tertiary/aromatic N) is 2. The van der Waals surface area contributed by atoms with Crippen LogP contribution in [0, 0.1) is 6.92 Å². The van der Waals surface area contributed by atoms with Gasteiger partial charge in [-0.1, -0.05) is 6.07 Å². The Morgan fingerprint density at radius 3 is 2.47 bits per heavy atom. The maximum Gasteiger partial charge on any atom is 0.295 e. The lowest BCUT2D eigenvalue weighted by atomic mass is 9.93. The lowest BCUT2D eigenvalue weighted by Gasteiger charge is -2.29. The van der Waals surface area contributed by atoms with E-state index in [1.807, 2.05) is 0 Å². The van der Waals surface area contributed by atoms with Gasteiger partial charge < -0.3 is 29.3 Å². The summed E-state index contributed by atoms with van der Waals surface area (Å²) >= 11 is 0. The van der Waals surface area contributed by atoms with E-state index in [2.05, 4.69) is 4.90 Å². The highest BCUT2D eigenvalue weighted by atomic mass is 16.5. The maximum absolute atomic E-state index is 13.3. The highest BCUT2D eigenvalue weighted by Gasteiger charge is 2.46. The lowest BCUT2D eigenvalue weighted by molar-refractivity contribution is -0.140. The molecule has 9 nitrogen and oxygen atoms in total. The van der Waals surface area contributed by atoms with Crippen molar-refractivity contribution in [2.45, 2.75) is 19.4 Å². The molecule has 2 aliphatic heterocycles. The van der Waals surface area contributed by atoms with Crippen LogP contribution in [0.2, 0.25) is 0 Å². The Labute approximate surface area is 210 Å². The van der Waals surface area contributed by atoms with Crippen LogP contribution in [-0.4, -0.2) is 85.3 Å². The van der Waals surface area contributed by atoms with Crippen molar-refractivity contribution in [3.63, 3.8) is 0 Å². The molecule has 1 unspecified atom stereocenters. The van der Waals surface area contributed by atoms with Crippen LogP contribution in [0.25, 0.3) is 5.76 Å². The summed E-state index contributed by atoms with van der Waals surface area (Å²) in [5, 5.41) is 21.5. The molecule has 0 aromatic heterocycles. The number of methoxy groups -OCH3 is 2. The first kappa shape index (κ1) is 25.5. The quantitative estimate of drug-likeness (QED) is 0.326. The zero-order valence-corrected chi connectivity index (χ0v) is 20.8. The van der Waals surface area contributed by atoms with Gasteiger partial charge in [0.15, 0.2) is 11.5 Å². The molecule has 2 aliphatic rings. The Balaban J connectivity index is 1.74. The summed E-state index contributed by atoms with van der Waals surface area (Å²) in [5.74, 6) is -0.884. The summed E-state index contributed by atoms with van der Waals surface area (Å²) in [6.45, 7) is 5.90. The standard InChI is InChI=1S/C27H32N2O7/c1-17-15-19(34-2)6-7-20(17)25(31)23-24(18-5-8-21(30)22(16-18)35-3)29(27(33)26(23)32)10-4-9-28-11-13-36-14-12-28/h5-8,15-16,24,30-31H,4,9-14H2,1-3H3. The lowest BCUT2D eigenvalue weighted by Crippen LogP contribution is -2.38. The molecule has 2 N–H and O–H groups in total. The zero-order chi connectivity index (χ0) is 25.8. The molecular weight excluding hydrogens is 464 g/mol. The molecule has 2 aromatic rings. The molecule has 4 rings (SSSR count). The van der Waals surface area contributed by atoms with Crippen molar-refractivity contribution >= 4 is 17.4 Å². The smallest absolute Gasteiger partial charge is 0.295 e. The fraction of sp³-hybridized carbons (Fsp3) is 0.407. The number of hydrogen-bond donors (Lipinski definition) is 2. The van der Waals surface area contributed by atoms with E-state index in [-0.39, 0.29) is 22.8 Å². The zero-order valence-electron chi connectivity index (χ0n) is 20.8. The van der Waals surface area contributed by atoms with E-state index < -0.39 is 17.7 Å². The number of hydrogen-bond acceptors (Lipinski definition) is 8. The fourth-order valence-electron chi connectivity index (χ4n) is 4.78. The number of aryl methyl sites for hydroxylation is 1. The van der Waals surface area contributed by atoms with Crippen LogP contribution < -0.4 is 9.47 Å². The monoisotopic (exact) mass is 496 g/mol. The first-order chi connectivity index (χ1) is 17.3. The molecule has 2 fully saturated rings. The first-order valence-corrected chi connectivity index (χ1v) is 12.0. The molecule has 1 amide bonds. The molecule has 36 heavy (non-hydrogen) atoms. The van der Waals surface area contributed by atoms with Gasteiger partial charge in [0.25, 0.3) is 11.7 Å². The van der Waals surface area contributed by atoms with Gasteiger partial charge in [0.2, 0.25) is 0 Å². The van der Waals surface area contributed by atoms with Crippen LogP contribution >= 0.6 is 0 Å². The SMILES string of the molecule is COc1ccc(C(O)=C2C(=O)C(=O)N(CCCN3CCOCC3)C2c2ccc(O)c(OC)c2)c(C)c1. The number of phenolic OH excluding ortho intramolecular Hbond substituents is 1. The number of ketones is 1. The van der Waals surface area contributed by atoms with E-state index in [1.54, 1.807) is 44.4 Å². The first-order valence-electron chi connectivity index (χ1n) is 12.0. The second-order valence-corrected chi connectivity index (χ2v) is 8.91. The third-order valence-corrected chi connectivity index (χ3v) is 6.73. The summed E-state index contributed by atoms with van der Waals surface area (Å²) in [6, 6.07) is 8.98. The minimum Gasteiger partial charge on any atom is -0.507 e. The van der Waals surface area contributed by atoms with Crippen molar-refractivity contribution in [3.05, 3.63) is 58.7 Å². The van der Waals surface area contributed by atoms with Crippen molar-refractivity contribution in [2.24, 2.45) is 0 Å². The third-order valence-electron chi connectivity index (χ3n) is 6.73. The molecule has 2 aromatic carbocycles. The van der Waals surface area contributed by atoms with Gasteiger partial charge in [-0.3, -0.25) is 14.5 Å². The van der Waals surface area contributed by atoms with Crippen molar-refractivity contribution in [1.82, 2.24) is 9.80 Å². The minimum absolute atomic E-state index is 0.00684. The predicted molar refractivity (Wildman–Crippen MR) is 133 cm³/mol.